The van der Waals surface area contributed by atoms with Crippen molar-refractivity contribution < 1.29 is 23.8 Å². The Morgan fingerprint density at radius 3 is 2.55 bits per heavy atom. The minimum Gasteiger partial charge on any atom is -0.497 e. The maximum absolute atomic E-state index is 12.4. The van der Waals surface area contributed by atoms with Gasteiger partial charge >= 0.3 is 5.97 Å². The maximum atomic E-state index is 12.4. The van der Waals surface area contributed by atoms with Crippen molar-refractivity contribution in [1.82, 2.24) is 5.32 Å². The molecule has 0 aliphatic heterocycles. The van der Waals surface area contributed by atoms with Crippen LogP contribution in [0.25, 0.3) is 17.4 Å². The predicted octanol–water partition coefficient (Wildman–Crippen LogP) is 4.19. The Labute approximate surface area is 179 Å². The summed E-state index contributed by atoms with van der Waals surface area (Å²) in [7, 11) is 1.57. The number of nitrogens with one attached hydrogen (secondary N) is 1. The highest BCUT2D eigenvalue weighted by atomic mass is 16.5. The lowest BCUT2D eigenvalue weighted by atomic mass is 10.0. The van der Waals surface area contributed by atoms with Crippen LogP contribution in [0, 0.1) is 18.3 Å². The van der Waals surface area contributed by atoms with Gasteiger partial charge in [-0.15, -0.1) is 0 Å². The number of hydrogen-bond acceptors (Lipinski definition) is 5. The Morgan fingerprint density at radius 2 is 1.90 bits per heavy atom. The molecule has 0 atom stereocenters. The SMILES string of the molecule is COc1ccc(CNC(=O)/C(C#N)=C\c2ccc(-c3cccc(C(=O)O)c3C)o2)cc1. The third-order valence-corrected chi connectivity index (χ3v) is 4.72. The monoisotopic (exact) mass is 416 g/mol. The van der Waals surface area contributed by atoms with E-state index in [1.807, 2.05) is 18.2 Å². The summed E-state index contributed by atoms with van der Waals surface area (Å²) in [5, 5.41) is 21.4. The van der Waals surface area contributed by atoms with Gasteiger partial charge in [-0.25, -0.2) is 4.79 Å². The van der Waals surface area contributed by atoms with Crippen molar-refractivity contribution in [2.45, 2.75) is 13.5 Å². The molecule has 1 amide bonds. The number of aromatic carboxylic acids is 1. The van der Waals surface area contributed by atoms with E-state index in [0.29, 0.717) is 28.4 Å². The van der Waals surface area contributed by atoms with Crippen molar-refractivity contribution in [3.63, 3.8) is 0 Å². The molecule has 0 radical (unpaired) electrons. The van der Waals surface area contributed by atoms with Crippen molar-refractivity contribution >= 4 is 18.0 Å². The molecule has 156 valence electrons. The molecule has 31 heavy (non-hydrogen) atoms. The van der Waals surface area contributed by atoms with Gasteiger partial charge in [0.2, 0.25) is 0 Å². The molecule has 0 bridgehead atoms. The first-order chi connectivity index (χ1) is 14.9. The molecule has 2 aromatic carbocycles. The minimum absolute atomic E-state index is 0.106. The third kappa shape index (κ3) is 5.00. The highest BCUT2D eigenvalue weighted by molar-refractivity contribution is 6.01. The number of benzene rings is 2. The van der Waals surface area contributed by atoms with Gasteiger partial charge in [0.05, 0.1) is 12.7 Å². The lowest BCUT2D eigenvalue weighted by Crippen LogP contribution is -2.23. The number of carbonyl (C=O) groups is 2. The molecule has 0 spiro atoms. The molecular formula is C24H20N2O5. The number of carboxylic acids is 1. The van der Waals surface area contributed by atoms with Crippen molar-refractivity contribution in [3.05, 3.63) is 82.6 Å². The highest BCUT2D eigenvalue weighted by Gasteiger charge is 2.15. The zero-order chi connectivity index (χ0) is 22.4. The zero-order valence-corrected chi connectivity index (χ0v) is 17.0. The van der Waals surface area contributed by atoms with Crippen LogP contribution in [0.3, 0.4) is 0 Å². The Bertz CT molecular complexity index is 1180. The van der Waals surface area contributed by atoms with Crippen LogP contribution in [-0.2, 0) is 11.3 Å². The number of methoxy groups -OCH3 is 1. The third-order valence-electron chi connectivity index (χ3n) is 4.72. The molecule has 3 rings (SSSR count). The van der Waals surface area contributed by atoms with Gasteiger partial charge in [-0.05, 0) is 48.4 Å². The molecule has 0 fully saturated rings. The maximum Gasteiger partial charge on any atom is 0.335 e. The summed E-state index contributed by atoms with van der Waals surface area (Å²) >= 11 is 0. The van der Waals surface area contributed by atoms with Gasteiger partial charge in [0, 0.05) is 18.2 Å². The molecule has 1 heterocycles. The van der Waals surface area contributed by atoms with E-state index in [1.165, 1.54) is 12.1 Å². The topological polar surface area (TPSA) is 113 Å². The quantitative estimate of drug-likeness (QED) is 0.441. The smallest absolute Gasteiger partial charge is 0.335 e. The fourth-order valence-electron chi connectivity index (χ4n) is 3.02. The van der Waals surface area contributed by atoms with Gasteiger partial charge in [-0.2, -0.15) is 5.26 Å². The summed E-state index contributed by atoms with van der Waals surface area (Å²) in [6.45, 7) is 1.95. The fourth-order valence-corrected chi connectivity index (χ4v) is 3.02. The molecule has 1 aromatic heterocycles. The van der Waals surface area contributed by atoms with E-state index in [-0.39, 0.29) is 17.7 Å². The lowest BCUT2D eigenvalue weighted by molar-refractivity contribution is -0.117. The molecule has 0 aliphatic rings. The van der Waals surface area contributed by atoms with Gasteiger partial charge in [-0.1, -0.05) is 24.3 Å². The summed E-state index contributed by atoms with van der Waals surface area (Å²) in [5.41, 5.74) is 2.13. The first kappa shape index (κ1) is 21.4. The van der Waals surface area contributed by atoms with Crippen LogP contribution in [-0.4, -0.2) is 24.1 Å². The molecule has 7 heteroatoms. The molecule has 3 aromatic rings. The number of carbonyl (C=O) groups excluding carboxylic acids is 1. The van der Waals surface area contributed by atoms with Gasteiger partial charge in [0.25, 0.3) is 5.91 Å². The number of rotatable bonds is 7. The van der Waals surface area contributed by atoms with Crippen LogP contribution in [0.15, 0.2) is 64.6 Å². The van der Waals surface area contributed by atoms with E-state index in [4.69, 9.17) is 9.15 Å². The number of ether oxygens (including phenoxy) is 1. The number of carboxylic acid groups (broad SMARTS) is 1. The molecule has 0 aliphatic carbocycles. The first-order valence-electron chi connectivity index (χ1n) is 9.39. The Hall–Kier alpha value is -4.31. The summed E-state index contributed by atoms with van der Waals surface area (Å²) in [6.07, 6.45) is 1.35. The fraction of sp³-hybridized carbons (Fsp3) is 0.125. The van der Waals surface area contributed by atoms with Crippen LogP contribution < -0.4 is 10.1 Å². The number of nitrogens with zero attached hydrogens (tertiary/aromatic N) is 1. The first-order valence-corrected chi connectivity index (χ1v) is 9.39. The molecular weight excluding hydrogens is 396 g/mol. The Morgan fingerprint density at radius 1 is 1.16 bits per heavy atom. The van der Waals surface area contributed by atoms with Crippen molar-refractivity contribution in [2.24, 2.45) is 0 Å². The summed E-state index contributed by atoms with van der Waals surface area (Å²) in [5.74, 6) is -0.0776. The van der Waals surface area contributed by atoms with Crippen molar-refractivity contribution in [1.29, 1.82) is 5.26 Å². The number of nitriles is 1. The normalized spacial score (nSPS) is 10.9. The van der Waals surface area contributed by atoms with E-state index < -0.39 is 11.9 Å². The van der Waals surface area contributed by atoms with Crippen LogP contribution in [0.4, 0.5) is 0 Å². The van der Waals surface area contributed by atoms with E-state index in [1.54, 1.807) is 50.4 Å². The van der Waals surface area contributed by atoms with Crippen molar-refractivity contribution in [2.75, 3.05) is 7.11 Å². The number of furan rings is 1. The largest absolute Gasteiger partial charge is 0.497 e. The molecule has 0 saturated carbocycles. The standard InChI is InChI=1S/C24H20N2O5/c1-15-20(4-3-5-21(15)24(28)29)22-11-10-19(31-22)12-17(13-25)23(27)26-14-16-6-8-18(30-2)9-7-16/h3-12H,14H2,1-2H3,(H,26,27)(H,28,29)/b17-12-. The zero-order valence-electron chi connectivity index (χ0n) is 17.0. The average Bonchev–Trinajstić information content (AvgIpc) is 3.24. The summed E-state index contributed by atoms with van der Waals surface area (Å²) < 4.78 is 10.8. The Balaban J connectivity index is 1.75. The highest BCUT2D eigenvalue weighted by Crippen LogP contribution is 2.28. The van der Waals surface area contributed by atoms with E-state index in [0.717, 1.165) is 5.56 Å². The second kappa shape index (κ2) is 9.46. The van der Waals surface area contributed by atoms with Crippen LogP contribution in [0.5, 0.6) is 5.75 Å². The van der Waals surface area contributed by atoms with E-state index in [2.05, 4.69) is 5.32 Å². The number of hydrogen-bond donors (Lipinski definition) is 2. The van der Waals surface area contributed by atoms with Gasteiger partial charge in [0.1, 0.15) is 28.9 Å². The van der Waals surface area contributed by atoms with Gasteiger partial charge < -0.3 is 19.6 Å². The van der Waals surface area contributed by atoms with Gasteiger partial charge in [0.15, 0.2) is 0 Å². The summed E-state index contributed by atoms with van der Waals surface area (Å²) in [6, 6.07) is 17.3. The van der Waals surface area contributed by atoms with Crippen LogP contribution in [0.1, 0.15) is 27.2 Å². The van der Waals surface area contributed by atoms with Gasteiger partial charge in [-0.3, -0.25) is 4.79 Å². The van der Waals surface area contributed by atoms with E-state index >= 15 is 0 Å². The van der Waals surface area contributed by atoms with Crippen molar-refractivity contribution in [3.8, 4) is 23.1 Å². The lowest BCUT2D eigenvalue weighted by Gasteiger charge is -2.06. The molecule has 7 nitrogen and oxygen atoms in total. The molecule has 0 saturated heterocycles. The second-order valence-electron chi connectivity index (χ2n) is 6.69. The Kier molecular flexibility index (Phi) is 6.53. The molecule has 0 unspecified atom stereocenters. The second-order valence-corrected chi connectivity index (χ2v) is 6.69. The number of amides is 1. The predicted molar refractivity (Wildman–Crippen MR) is 114 cm³/mol. The van der Waals surface area contributed by atoms with Crippen LogP contribution >= 0.6 is 0 Å². The minimum atomic E-state index is -1.02. The molecule has 2 N–H and O–H groups in total. The average molecular weight is 416 g/mol. The van der Waals surface area contributed by atoms with E-state index in [9.17, 15) is 20.0 Å². The summed E-state index contributed by atoms with van der Waals surface area (Å²) in [4.78, 5) is 23.7. The van der Waals surface area contributed by atoms with Crippen LogP contribution in [0.2, 0.25) is 0 Å².